The number of nitrogens with zero attached hydrogens (tertiary/aromatic N) is 1. The number of hydrogen-bond acceptors (Lipinski definition) is 9. The summed E-state index contributed by atoms with van der Waals surface area (Å²) in [7, 11) is 2.60. The Bertz CT molecular complexity index is 458. The molecular formula is C14H21NO8. The van der Waals surface area contributed by atoms with Gasteiger partial charge in [0.25, 0.3) is 0 Å². The van der Waals surface area contributed by atoms with Gasteiger partial charge in [0.2, 0.25) is 6.10 Å². The van der Waals surface area contributed by atoms with Crippen LogP contribution in [0, 0.1) is 11.3 Å². The van der Waals surface area contributed by atoms with Gasteiger partial charge in [-0.05, 0) is 0 Å². The quantitative estimate of drug-likeness (QED) is 0.423. The van der Waals surface area contributed by atoms with Crippen molar-refractivity contribution >= 4 is 17.9 Å². The first-order valence-electron chi connectivity index (χ1n) is 6.69. The monoisotopic (exact) mass is 331 g/mol. The lowest BCUT2D eigenvalue weighted by molar-refractivity contribution is -0.191. The third-order valence-electron chi connectivity index (χ3n) is 2.63. The van der Waals surface area contributed by atoms with E-state index in [2.05, 4.69) is 0 Å². The zero-order valence-corrected chi connectivity index (χ0v) is 13.7. The summed E-state index contributed by atoms with van der Waals surface area (Å²) in [6, 6.07) is 1.75. The van der Waals surface area contributed by atoms with Gasteiger partial charge in [0.15, 0.2) is 12.2 Å². The Hall–Kier alpha value is -2.18. The van der Waals surface area contributed by atoms with Gasteiger partial charge in [0.05, 0.1) is 6.61 Å². The van der Waals surface area contributed by atoms with Gasteiger partial charge in [0, 0.05) is 35.0 Å². The van der Waals surface area contributed by atoms with E-state index in [0.29, 0.717) is 0 Å². The molecule has 0 N–H and O–H groups in total. The Labute approximate surface area is 134 Å². The van der Waals surface area contributed by atoms with Crippen LogP contribution in [0.4, 0.5) is 0 Å². The van der Waals surface area contributed by atoms with Gasteiger partial charge >= 0.3 is 17.9 Å². The van der Waals surface area contributed by atoms with Crippen molar-refractivity contribution in [2.45, 2.75) is 45.2 Å². The molecule has 9 heteroatoms. The van der Waals surface area contributed by atoms with E-state index in [-0.39, 0.29) is 6.61 Å². The Morgan fingerprint density at radius 1 is 0.913 bits per heavy atom. The molecule has 0 fully saturated rings. The average Bonchev–Trinajstić information content (AvgIpc) is 2.44. The summed E-state index contributed by atoms with van der Waals surface area (Å²) >= 11 is 0. The smallest absolute Gasteiger partial charge is 0.304 e. The van der Waals surface area contributed by atoms with Gasteiger partial charge < -0.3 is 23.7 Å². The van der Waals surface area contributed by atoms with Gasteiger partial charge in [-0.2, -0.15) is 5.26 Å². The maximum Gasteiger partial charge on any atom is 0.304 e. The molecule has 0 radical (unpaired) electrons. The highest BCUT2D eigenvalue weighted by Crippen LogP contribution is 2.18. The molecule has 0 aromatic rings. The summed E-state index contributed by atoms with van der Waals surface area (Å²) in [5.41, 5.74) is 0. The molecule has 0 aromatic carbocycles. The van der Waals surface area contributed by atoms with E-state index >= 15 is 0 Å². The van der Waals surface area contributed by atoms with E-state index in [1.54, 1.807) is 6.07 Å². The number of hydrogen-bond donors (Lipinski definition) is 0. The molecule has 130 valence electrons. The van der Waals surface area contributed by atoms with E-state index in [9.17, 15) is 14.4 Å². The van der Waals surface area contributed by atoms with Crippen molar-refractivity contribution in [3.8, 4) is 6.07 Å². The van der Waals surface area contributed by atoms with Crippen molar-refractivity contribution in [2.24, 2.45) is 0 Å². The van der Waals surface area contributed by atoms with Crippen molar-refractivity contribution in [3.63, 3.8) is 0 Å². The highest BCUT2D eigenvalue weighted by molar-refractivity contribution is 5.68. The standard InChI is InChI=1S/C14H21NO8/c1-8(16)21-11(6-15)13(20-5)14(23-10(3)18)12(7-19-4)22-9(2)17/h11-14H,7H2,1-5H3. The zero-order valence-electron chi connectivity index (χ0n) is 13.7. The van der Waals surface area contributed by atoms with Crippen LogP contribution in [0.3, 0.4) is 0 Å². The maximum atomic E-state index is 11.4. The lowest BCUT2D eigenvalue weighted by Crippen LogP contribution is -2.51. The van der Waals surface area contributed by atoms with Gasteiger partial charge in [0.1, 0.15) is 12.2 Å². The predicted octanol–water partition coefficient (Wildman–Crippen LogP) is -0.0335. The van der Waals surface area contributed by atoms with Crippen LogP contribution in [0.25, 0.3) is 0 Å². The van der Waals surface area contributed by atoms with Crippen molar-refractivity contribution in [2.75, 3.05) is 20.8 Å². The molecule has 4 atom stereocenters. The van der Waals surface area contributed by atoms with Crippen LogP contribution < -0.4 is 0 Å². The fourth-order valence-corrected chi connectivity index (χ4v) is 1.90. The maximum absolute atomic E-state index is 11.4. The highest BCUT2D eigenvalue weighted by Gasteiger charge is 2.41. The molecule has 0 aliphatic carbocycles. The van der Waals surface area contributed by atoms with Crippen molar-refractivity contribution in [3.05, 3.63) is 0 Å². The van der Waals surface area contributed by atoms with Gasteiger partial charge in [-0.3, -0.25) is 14.4 Å². The lowest BCUT2D eigenvalue weighted by atomic mass is 10.0. The SMILES string of the molecule is COCC(OC(C)=O)C(OC(C)=O)C(OC)C(C#N)OC(C)=O. The van der Waals surface area contributed by atoms with E-state index in [4.69, 9.17) is 28.9 Å². The fraction of sp³-hybridized carbons (Fsp3) is 0.714. The van der Waals surface area contributed by atoms with Crippen LogP contribution in [-0.2, 0) is 38.1 Å². The minimum absolute atomic E-state index is 0.115. The summed E-state index contributed by atoms with van der Waals surface area (Å²) in [4.78, 5) is 33.7. The molecule has 0 amide bonds. The second-order valence-corrected chi connectivity index (χ2v) is 4.54. The molecule has 9 nitrogen and oxygen atoms in total. The highest BCUT2D eigenvalue weighted by atomic mass is 16.6. The van der Waals surface area contributed by atoms with Gasteiger partial charge in [-0.1, -0.05) is 0 Å². The van der Waals surface area contributed by atoms with E-state index in [1.165, 1.54) is 21.1 Å². The van der Waals surface area contributed by atoms with Crippen molar-refractivity contribution in [1.82, 2.24) is 0 Å². The minimum Gasteiger partial charge on any atom is -0.456 e. The molecule has 0 saturated carbocycles. The van der Waals surface area contributed by atoms with Crippen molar-refractivity contribution < 1.29 is 38.1 Å². The Kier molecular flexibility index (Phi) is 9.53. The summed E-state index contributed by atoms with van der Waals surface area (Å²) < 4.78 is 25.1. The molecule has 0 heterocycles. The Morgan fingerprint density at radius 2 is 1.43 bits per heavy atom. The second-order valence-electron chi connectivity index (χ2n) is 4.54. The lowest BCUT2D eigenvalue weighted by Gasteiger charge is -2.32. The summed E-state index contributed by atoms with van der Waals surface area (Å²) in [5, 5.41) is 9.17. The number of rotatable bonds is 9. The predicted molar refractivity (Wildman–Crippen MR) is 74.9 cm³/mol. The molecule has 0 bridgehead atoms. The van der Waals surface area contributed by atoms with Crippen LogP contribution in [-0.4, -0.2) is 63.2 Å². The fourth-order valence-electron chi connectivity index (χ4n) is 1.90. The number of carbonyl (C=O) groups excluding carboxylic acids is 3. The summed E-state index contributed by atoms with van der Waals surface area (Å²) in [6.07, 6.45) is -4.79. The molecule has 4 unspecified atom stereocenters. The zero-order chi connectivity index (χ0) is 18.0. The average molecular weight is 331 g/mol. The molecule has 0 aliphatic heterocycles. The van der Waals surface area contributed by atoms with E-state index < -0.39 is 42.3 Å². The second kappa shape index (κ2) is 10.5. The summed E-state index contributed by atoms with van der Waals surface area (Å²) in [5.74, 6) is -2.04. The van der Waals surface area contributed by atoms with Gasteiger partial charge in [-0.15, -0.1) is 0 Å². The normalized spacial score (nSPS) is 15.5. The topological polar surface area (TPSA) is 121 Å². The number of esters is 3. The summed E-state index contributed by atoms with van der Waals surface area (Å²) in [6.45, 7) is 3.32. The first-order chi connectivity index (χ1) is 10.8. The third-order valence-corrected chi connectivity index (χ3v) is 2.63. The number of ether oxygens (including phenoxy) is 5. The number of carbonyl (C=O) groups is 3. The van der Waals surface area contributed by atoms with Crippen molar-refractivity contribution in [1.29, 1.82) is 5.26 Å². The van der Waals surface area contributed by atoms with Crippen LogP contribution in [0.5, 0.6) is 0 Å². The minimum atomic E-state index is -1.36. The molecule has 0 aliphatic rings. The van der Waals surface area contributed by atoms with Crippen LogP contribution in [0.2, 0.25) is 0 Å². The Morgan fingerprint density at radius 3 is 1.78 bits per heavy atom. The largest absolute Gasteiger partial charge is 0.456 e. The molecule has 23 heavy (non-hydrogen) atoms. The molecule has 0 spiro atoms. The first kappa shape index (κ1) is 20.8. The molecule has 0 rings (SSSR count). The van der Waals surface area contributed by atoms with E-state index in [1.807, 2.05) is 0 Å². The molecule has 0 aromatic heterocycles. The number of nitriles is 1. The van der Waals surface area contributed by atoms with E-state index in [0.717, 1.165) is 13.8 Å². The number of methoxy groups -OCH3 is 2. The van der Waals surface area contributed by atoms with Crippen LogP contribution >= 0.6 is 0 Å². The van der Waals surface area contributed by atoms with Crippen LogP contribution in [0.1, 0.15) is 20.8 Å². The van der Waals surface area contributed by atoms with Gasteiger partial charge in [-0.25, -0.2) is 0 Å². The first-order valence-corrected chi connectivity index (χ1v) is 6.69. The third kappa shape index (κ3) is 7.58. The molecular weight excluding hydrogens is 310 g/mol. The molecule has 0 saturated heterocycles. The Balaban J connectivity index is 5.57. The van der Waals surface area contributed by atoms with Crippen LogP contribution in [0.15, 0.2) is 0 Å².